The van der Waals surface area contributed by atoms with E-state index in [1.807, 2.05) is 0 Å². The molecule has 0 aromatic heterocycles. The number of allylic oxidation sites excluding steroid dienone is 4. The minimum absolute atomic E-state index is 1.80. The lowest BCUT2D eigenvalue weighted by Crippen LogP contribution is -2.67. The van der Waals surface area contributed by atoms with Crippen molar-refractivity contribution in [1.29, 1.82) is 0 Å². The van der Waals surface area contributed by atoms with E-state index in [9.17, 15) is 103 Å². The van der Waals surface area contributed by atoms with Gasteiger partial charge in [0.15, 0.2) is 0 Å². The Morgan fingerprint density at radius 1 is 0.667 bits per heavy atom. The van der Waals surface area contributed by atoms with Crippen LogP contribution in [0.2, 0.25) is 0 Å². The maximum atomic E-state index is 14.3. The third kappa shape index (κ3) is 4.24. The number of rotatable bonds is 8. The van der Waals surface area contributed by atoms with Crippen LogP contribution in [0.1, 0.15) is 12.8 Å². The van der Waals surface area contributed by atoms with Gasteiger partial charge in [0, 0.05) is 17.6 Å². The van der Waals surface area contributed by atoms with Crippen LogP contribution in [0.4, 0.5) is 70.2 Å². The third-order valence-corrected chi connectivity index (χ3v) is 8.02. The molecule has 2 rings (SSSR count). The van der Waals surface area contributed by atoms with E-state index >= 15 is 0 Å². The summed E-state index contributed by atoms with van der Waals surface area (Å²) in [7, 11) is -7.22. The van der Waals surface area contributed by atoms with Gasteiger partial charge in [-0.3, -0.25) is 14.1 Å². The average molecular weight is 674 g/mol. The zero-order chi connectivity index (χ0) is 33.7. The van der Waals surface area contributed by atoms with Crippen molar-refractivity contribution >= 4 is 22.1 Å². The van der Waals surface area contributed by atoms with Gasteiger partial charge in [0.2, 0.25) is 4.75 Å². The van der Waals surface area contributed by atoms with Crippen LogP contribution in [0.3, 0.4) is 0 Å². The Kier molecular flexibility index (Phi) is 7.68. The van der Waals surface area contributed by atoms with E-state index in [1.165, 1.54) is 0 Å². The number of halogens is 16. The standard InChI is InChI=1S/C18H10F16O7S/c19-11(20)3-5(13(23,24)17(31,32)15(11,27)28)1-7(8(35)36)10(9(37)38,42(39,40)41)2-6-4-12(21,22)16(29,30)18(33,34)14(6,25)26/h3-4,7H,1-2H2,(H,35,36)(H,37,38)(H,39,40,41). The second kappa shape index (κ2) is 9.11. The van der Waals surface area contributed by atoms with E-state index in [2.05, 4.69) is 0 Å². The van der Waals surface area contributed by atoms with Crippen LogP contribution < -0.4 is 0 Å². The quantitative estimate of drug-likeness (QED) is 0.185. The summed E-state index contributed by atoms with van der Waals surface area (Å²) < 4.78 is 249. The van der Waals surface area contributed by atoms with Gasteiger partial charge in [-0.05, 0) is 18.6 Å². The topological polar surface area (TPSA) is 129 Å². The lowest BCUT2D eigenvalue weighted by molar-refractivity contribution is -0.356. The Morgan fingerprint density at radius 2 is 1.00 bits per heavy atom. The van der Waals surface area contributed by atoms with Crippen molar-refractivity contribution in [2.75, 3.05) is 0 Å². The monoisotopic (exact) mass is 674 g/mol. The molecule has 0 saturated carbocycles. The fourth-order valence-electron chi connectivity index (χ4n) is 4.05. The maximum Gasteiger partial charge on any atom is 0.382 e. The van der Waals surface area contributed by atoms with Gasteiger partial charge in [-0.15, -0.1) is 0 Å². The number of hydrogen-bond acceptors (Lipinski definition) is 4. The van der Waals surface area contributed by atoms with Gasteiger partial charge in [-0.25, -0.2) is 0 Å². The molecule has 0 aromatic rings. The van der Waals surface area contributed by atoms with Crippen LogP contribution in [0, 0.1) is 5.92 Å². The molecular formula is C18H10F16O7S. The summed E-state index contributed by atoms with van der Waals surface area (Å²) in [6, 6.07) is 0. The van der Waals surface area contributed by atoms with Crippen LogP contribution in [0.5, 0.6) is 0 Å². The molecule has 0 fully saturated rings. The average Bonchev–Trinajstić information content (AvgIpc) is 2.75. The maximum absolute atomic E-state index is 14.3. The van der Waals surface area contributed by atoms with Gasteiger partial charge < -0.3 is 10.2 Å². The number of aliphatic carboxylic acids is 2. The van der Waals surface area contributed by atoms with E-state index in [-0.39, 0.29) is 0 Å². The predicted molar refractivity (Wildman–Crippen MR) is 98.0 cm³/mol. The number of carbonyl (C=O) groups is 2. The molecule has 3 N–H and O–H groups in total. The van der Waals surface area contributed by atoms with Gasteiger partial charge >= 0.3 is 59.3 Å². The van der Waals surface area contributed by atoms with Gasteiger partial charge in [-0.2, -0.15) is 78.7 Å². The van der Waals surface area contributed by atoms with Crippen LogP contribution in [-0.4, -0.2) is 87.2 Å². The van der Waals surface area contributed by atoms with Gasteiger partial charge in [0.1, 0.15) is 0 Å². The molecule has 2 atom stereocenters. The first-order valence-corrected chi connectivity index (χ1v) is 11.5. The Labute approximate surface area is 220 Å². The molecule has 42 heavy (non-hydrogen) atoms. The number of carboxylic acid groups (broad SMARTS) is 2. The van der Waals surface area contributed by atoms with Gasteiger partial charge in [-0.1, -0.05) is 0 Å². The highest BCUT2D eigenvalue weighted by molar-refractivity contribution is 7.88. The highest BCUT2D eigenvalue weighted by Crippen LogP contribution is 2.62. The van der Waals surface area contributed by atoms with Crippen molar-refractivity contribution in [3.8, 4) is 0 Å². The number of alkyl halides is 16. The third-order valence-electron chi connectivity index (χ3n) is 6.49. The second-order valence-electron chi connectivity index (χ2n) is 8.97. The van der Waals surface area contributed by atoms with Crippen molar-refractivity contribution in [2.45, 2.75) is 65.0 Å². The summed E-state index contributed by atoms with van der Waals surface area (Å²) in [6.45, 7) is 0. The summed E-state index contributed by atoms with van der Waals surface area (Å²) in [5, 5.41) is 18.6. The zero-order valence-electron chi connectivity index (χ0n) is 19.1. The zero-order valence-corrected chi connectivity index (χ0v) is 19.9. The second-order valence-corrected chi connectivity index (χ2v) is 10.7. The largest absolute Gasteiger partial charge is 0.481 e. The highest BCUT2D eigenvalue weighted by atomic mass is 32.2. The summed E-state index contributed by atoms with van der Waals surface area (Å²) in [6.07, 6.45) is -10.3. The molecular weight excluding hydrogens is 664 g/mol. The highest BCUT2D eigenvalue weighted by Gasteiger charge is 2.85. The minimum atomic E-state index is -7.27. The molecule has 2 aliphatic rings. The summed E-state index contributed by atoms with van der Waals surface area (Å²) in [5.74, 6) is -66.1. The molecule has 24 heteroatoms. The Balaban J connectivity index is 2.96. The number of carboxylic acids is 2. The minimum Gasteiger partial charge on any atom is -0.481 e. The van der Waals surface area contributed by atoms with Gasteiger partial charge in [0.25, 0.3) is 10.1 Å². The summed E-state index contributed by atoms with van der Waals surface area (Å²) >= 11 is 0. The smallest absolute Gasteiger partial charge is 0.382 e. The molecule has 0 aromatic carbocycles. The molecule has 0 amide bonds. The molecule has 0 radical (unpaired) electrons. The van der Waals surface area contributed by atoms with Crippen LogP contribution in [0.25, 0.3) is 0 Å². The lowest BCUT2D eigenvalue weighted by Gasteiger charge is -2.44. The Bertz CT molecular complexity index is 1350. The van der Waals surface area contributed by atoms with E-state index in [1.54, 1.807) is 0 Å². The fraction of sp³-hybridized carbons (Fsp3) is 0.667. The van der Waals surface area contributed by atoms with Crippen molar-refractivity contribution in [3.05, 3.63) is 23.3 Å². The molecule has 0 spiro atoms. The van der Waals surface area contributed by atoms with Crippen molar-refractivity contribution in [2.24, 2.45) is 5.92 Å². The summed E-state index contributed by atoms with van der Waals surface area (Å²) in [5.41, 5.74) is -6.64. The van der Waals surface area contributed by atoms with E-state index in [0.29, 0.717) is 0 Å². The molecule has 0 saturated heterocycles. The molecule has 2 unspecified atom stereocenters. The molecule has 2 aliphatic carbocycles. The first-order chi connectivity index (χ1) is 18.1. The molecule has 0 aliphatic heterocycles. The molecule has 0 bridgehead atoms. The Hall–Kier alpha value is -2.79. The van der Waals surface area contributed by atoms with E-state index < -0.39 is 116 Å². The van der Waals surface area contributed by atoms with Gasteiger partial charge in [0.05, 0.1) is 5.92 Å². The summed E-state index contributed by atoms with van der Waals surface area (Å²) in [4.78, 5) is 23.6. The van der Waals surface area contributed by atoms with Crippen molar-refractivity contribution in [1.82, 2.24) is 0 Å². The normalized spacial score (nSPS) is 28.4. The van der Waals surface area contributed by atoms with Crippen LogP contribution in [-0.2, 0) is 19.7 Å². The van der Waals surface area contributed by atoms with Crippen molar-refractivity contribution in [3.63, 3.8) is 0 Å². The first-order valence-electron chi connectivity index (χ1n) is 10.1. The first kappa shape index (κ1) is 35.4. The molecule has 242 valence electrons. The van der Waals surface area contributed by atoms with Crippen molar-refractivity contribution < 1.29 is 103 Å². The fourth-order valence-corrected chi connectivity index (χ4v) is 5.15. The SMILES string of the molecule is O=C(O)C(CC1=CC(F)(F)C(F)(F)C(F)(F)C1(F)F)C(CC1=CC(F)(F)C(F)(F)C(F)(F)C1(F)F)(C(=O)O)S(=O)(=O)O. The molecule has 0 heterocycles. The number of hydrogen-bond donors (Lipinski definition) is 3. The van der Waals surface area contributed by atoms with E-state index in [0.717, 1.165) is 0 Å². The lowest BCUT2D eigenvalue weighted by atomic mass is 9.74. The predicted octanol–water partition coefficient (Wildman–Crippen LogP) is 5.14. The van der Waals surface area contributed by atoms with E-state index in [4.69, 9.17) is 0 Å². The van der Waals surface area contributed by atoms with Crippen LogP contribution >= 0.6 is 0 Å². The Morgan fingerprint density at radius 3 is 1.31 bits per heavy atom. The molecule has 7 nitrogen and oxygen atoms in total. The van der Waals surface area contributed by atoms with Crippen LogP contribution in [0.15, 0.2) is 23.3 Å².